The van der Waals surface area contributed by atoms with Crippen molar-refractivity contribution in [2.75, 3.05) is 13.1 Å². The second kappa shape index (κ2) is 7.25. The van der Waals surface area contributed by atoms with Crippen molar-refractivity contribution in [3.05, 3.63) is 65.5 Å². The number of pyridine rings is 1. The first-order chi connectivity index (χ1) is 11.9. The highest BCUT2D eigenvalue weighted by Crippen LogP contribution is 2.32. The molecule has 1 aromatic carbocycles. The quantitative estimate of drug-likeness (QED) is 0.843. The Morgan fingerprint density at radius 2 is 2.00 bits per heavy atom. The summed E-state index contributed by atoms with van der Waals surface area (Å²) in [6.45, 7) is 1.18. The molecular formula is C19H19F3N2O. The van der Waals surface area contributed by atoms with Crippen LogP contribution in [-0.2, 0) is 23.8 Å². The molecule has 1 atom stereocenters. The topological polar surface area (TPSA) is 33.2 Å². The average molecular weight is 348 g/mol. The van der Waals surface area contributed by atoms with Crippen LogP contribution in [0.4, 0.5) is 13.2 Å². The van der Waals surface area contributed by atoms with Gasteiger partial charge in [-0.1, -0.05) is 24.3 Å². The van der Waals surface area contributed by atoms with Crippen LogP contribution < -0.4 is 0 Å². The normalized spacial score (nSPS) is 17.7. The second-order valence-electron chi connectivity index (χ2n) is 6.39. The summed E-state index contributed by atoms with van der Waals surface area (Å²) < 4.78 is 39.1. The fraction of sp³-hybridized carbons (Fsp3) is 0.368. The molecular weight excluding hydrogens is 329 g/mol. The van der Waals surface area contributed by atoms with Gasteiger partial charge in [-0.05, 0) is 42.0 Å². The lowest BCUT2D eigenvalue weighted by molar-refractivity contribution is -0.138. The van der Waals surface area contributed by atoms with Crippen molar-refractivity contribution in [1.82, 2.24) is 9.88 Å². The van der Waals surface area contributed by atoms with E-state index in [0.717, 1.165) is 24.5 Å². The number of rotatable bonds is 4. The highest BCUT2D eigenvalue weighted by Gasteiger charge is 2.34. The molecule has 3 nitrogen and oxygen atoms in total. The Morgan fingerprint density at radius 3 is 2.72 bits per heavy atom. The van der Waals surface area contributed by atoms with Gasteiger partial charge in [-0.3, -0.25) is 9.78 Å². The minimum absolute atomic E-state index is 0.0377. The van der Waals surface area contributed by atoms with Gasteiger partial charge >= 0.3 is 6.18 Å². The van der Waals surface area contributed by atoms with Crippen LogP contribution in [-0.4, -0.2) is 28.9 Å². The van der Waals surface area contributed by atoms with Gasteiger partial charge in [0.15, 0.2) is 0 Å². The highest BCUT2D eigenvalue weighted by atomic mass is 19.4. The smallest absolute Gasteiger partial charge is 0.342 e. The Kier molecular flexibility index (Phi) is 5.06. The Labute approximate surface area is 144 Å². The number of amides is 1. The fourth-order valence-electron chi connectivity index (χ4n) is 3.30. The molecule has 132 valence electrons. The maximum absolute atomic E-state index is 13.0. The van der Waals surface area contributed by atoms with E-state index in [9.17, 15) is 18.0 Å². The van der Waals surface area contributed by atoms with Gasteiger partial charge in [0.1, 0.15) is 0 Å². The number of aromatic nitrogens is 1. The monoisotopic (exact) mass is 348 g/mol. The van der Waals surface area contributed by atoms with Crippen LogP contribution in [0.15, 0.2) is 48.8 Å². The molecule has 1 aliphatic heterocycles. The Bertz CT molecular complexity index is 731. The van der Waals surface area contributed by atoms with E-state index in [0.29, 0.717) is 19.0 Å². The van der Waals surface area contributed by atoms with Gasteiger partial charge in [0.25, 0.3) is 0 Å². The lowest BCUT2D eigenvalue weighted by Crippen LogP contribution is -2.31. The van der Waals surface area contributed by atoms with Crippen LogP contribution in [0, 0.1) is 5.92 Å². The molecule has 3 rings (SSSR count). The summed E-state index contributed by atoms with van der Waals surface area (Å²) in [5.74, 6) is 0.0800. The summed E-state index contributed by atoms with van der Waals surface area (Å²) in [6.07, 6.45) is 0.564. The summed E-state index contributed by atoms with van der Waals surface area (Å²) in [6, 6.07) is 9.16. The molecule has 1 saturated heterocycles. The van der Waals surface area contributed by atoms with Crippen LogP contribution in [0.3, 0.4) is 0 Å². The Hall–Kier alpha value is -2.37. The van der Waals surface area contributed by atoms with Crippen molar-refractivity contribution >= 4 is 5.91 Å². The molecule has 0 aliphatic carbocycles. The molecule has 1 aliphatic rings. The predicted octanol–water partition coefficient (Wildman–Crippen LogP) is 3.73. The third-order valence-electron chi connectivity index (χ3n) is 4.55. The minimum atomic E-state index is -4.44. The van der Waals surface area contributed by atoms with Gasteiger partial charge in [0, 0.05) is 25.5 Å². The molecule has 1 fully saturated rings. The summed E-state index contributed by atoms with van der Waals surface area (Å²) in [5.41, 5.74) is 0.425. The Morgan fingerprint density at radius 1 is 1.20 bits per heavy atom. The van der Waals surface area contributed by atoms with E-state index >= 15 is 0 Å². The van der Waals surface area contributed by atoms with Crippen LogP contribution in [0.2, 0.25) is 0 Å². The number of hydrogen-bond acceptors (Lipinski definition) is 2. The average Bonchev–Trinajstić information content (AvgIpc) is 3.04. The van der Waals surface area contributed by atoms with Gasteiger partial charge in [-0.25, -0.2) is 0 Å². The van der Waals surface area contributed by atoms with Crippen LogP contribution >= 0.6 is 0 Å². The van der Waals surface area contributed by atoms with E-state index in [4.69, 9.17) is 0 Å². The lowest BCUT2D eigenvalue weighted by atomic mass is 10.00. The highest BCUT2D eigenvalue weighted by molar-refractivity contribution is 5.79. The number of nitrogens with zero attached hydrogens (tertiary/aromatic N) is 2. The number of halogens is 3. The lowest BCUT2D eigenvalue weighted by Gasteiger charge is -2.18. The summed E-state index contributed by atoms with van der Waals surface area (Å²) in [7, 11) is 0. The second-order valence-corrected chi connectivity index (χ2v) is 6.39. The molecule has 0 spiro atoms. The van der Waals surface area contributed by atoms with Gasteiger partial charge in [0.2, 0.25) is 5.91 Å². The van der Waals surface area contributed by atoms with E-state index in [2.05, 4.69) is 4.98 Å². The molecule has 0 N–H and O–H groups in total. The molecule has 1 amide bonds. The third kappa shape index (κ3) is 4.38. The van der Waals surface area contributed by atoms with Gasteiger partial charge < -0.3 is 4.90 Å². The maximum Gasteiger partial charge on any atom is 0.416 e. The van der Waals surface area contributed by atoms with E-state index in [-0.39, 0.29) is 17.9 Å². The first-order valence-corrected chi connectivity index (χ1v) is 8.25. The van der Waals surface area contributed by atoms with Crippen molar-refractivity contribution in [3.63, 3.8) is 0 Å². The minimum Gasteiger partial charge on any atom is -0.342 e. The Balaban J connectivity index is 1.62. The standard InChI is InChI=1S/C19H19F3N2O/c20-19(21,22)17-6-2-1-5-16(17)11-18(25)24-9-7-15(13-24)10-14-4-3-8-23-12-14/h1-6,8,12,15H,7,9-11,13H2. The van der Waals surface area contributed by atoms with Crippen molar-refractivity contribution in [2.24, 2.45) is 5.92 Å². The molecule has 0 radical (unpaired) electrons. The molecule has 0 bridgehead atoms. The summed E-state index contributed by atoms with van der Waals surface area (Å²) in [4.78, 5) is 18.2. The zero-order valence-electron chi connectivity index (χ0n) is 13.7. The first kappa shape index (κ1) is 17.5. The fourth-order valence-corrected chi connectivity index (χ4v) is 3.30. The number of carbonyl (C=O) groups excluding carboxylic acids is 1. The SMILES string of the molecule is O=C(Cc1ccccc1C(F)(F)F)N1CCC(Cc2cccnc2)C1. The van der Waals surface area contributed by atoms with Crippen LogP contribution in [0.1, 0.15) is 23.1 Å². The molecule has 0 saturated carbocycles. The first-order valence-electron chi connectivity index (χ1n) is 8.25. The van der Waals surface area contributed by atoms with E-state index in [1.807, 2.05) is 18.3 Å². The van der Waals surface area contributed by atoms with E-state index < -0.39 is 11.7 Å². The molecule has 1 aromatic heterocycles. The number of benzene rings is 1. The summed E-state index contributed by atoms with van der Waals surface area (Å²) >= 11 is 0. The third-order valence-corrected chi connectivity index (χ3v) is 4.55. The van der Waals surface area contributed by atoms with Crippen LogP contribution in [0.5, 0.6) is 0 Å². The van der Waals surface area contributed by atoms with Crippen molar-refractivity contribution in [2.45, 2.75) is 25.4 Å². The molecule has 2 heterocycles. The molecule has 2 aromatic rings. The number of carbonyl (C=O) groups is 1. The maximum atomic E-state index is 13.0. The number of hydrogen-bond donors (Lipinski definition) is 0. The van der Waals surface area contributed by atoms with Gasteiger partial charge in [-0.15, -0.1) is 0 Å². The van der Waals surface area contributed by atoms with Crippen LogP contribution in [0.25, 0.3) is 0 Å². The van der Waals surface area contributed by atoms with E-state index in [1.54, 1.807) is 11.1 Å². The zero-order chi connectivity index (χ0) is 17.9. The molecule has 6 heteroatoms. The molecule has 1 unspecified atom stereocenters. The van der Waals surface area contributed by atoms with Crippen molar-refractivity contribution < 1.29 is 18.0 Å². The zero-order valence-corrected chi connectivity index (χ0v) is 13.7. The van der Waals surface area contributed by atoms with E-state index in [1.165, 1.54) is 18.2 Å². The summed E-state index contributed by atoms with van der Waals surface area (Å²) in [5, 5.41) is 0. The number of alkyl halides is 3. The number of likely N-dealkylation sites (tertiary alicyclic amines) is 1. The van der Waals surface area contributed by atoms with Crippen molar-refractivity contribution in [1.29, 1.82) is 0 Å². The largest absolute Gasteiger partial charge is 0.416 e. The molecule has 25 heavy (non-hydrogen) atoms. The predicted molar refractivity (Wildman–Crippen MR) is 87.8 cm³/mol. The van der Waals surface area contributed by atoms with Gasteiger partial charge in [-0.2, -0.15) is 13.2 Å². The van der Waals surface area contributed by atoms with Gasteiger partial charge in [0.05, 0.1) is 12.0 Å². The van der Waals surface area contributed by atoms with Crippen molar-refractivity contribution in [3.8, 4) is 0 Å².